The Balaban J connectivity index is 1.24. The van der Waals surface area contributed by atoms with Crippen LogP contribution in [0.2, 0.25) is 0 Å². The highest BCUT2D eigenvalue weighted by Crippen LogP contribution is 2.40. The molecule has 2 saturated carbocycles. The second kappa shape index (κ2) is 5.43. The maximum Gasteiger partial charge on any atom is 0.271 e. The quantitative estimate of drug-likeness (QED) is 0.898. The van der Waals surface area contributed by atoms with E-state index in [1.165, 1.54) is 25.7 Å². The van der Waals surface area contributed by atoms with Crippen LogP contribution in [0.25, 0.3) is 0 Å². The fourth-order valence-corrected chi connectivity index (χ4v) is 3.61. The van der Waals surface area contributed by atoms with Crippen molar-refractivity contribution in [3.05, 3.63) is 29.1 Å². The Morgan fingerprint density at radius 2 is 1.96 bits per heavy atom. The lowest BCUT2D eigenvalue weighted by Crippen LogP contribution is -2.35. The predicted octanol–water partition coefficient (Wildman–Crippen LogP) is 1.89. The molecule has 2 aliphatic carbocycles. The van der Waals surface area contributed by atoms with Crippen LogP contribution >= 0.6 is 0 Å². The van der Waals surface area contributed by atoms with Gasteiger partial charge >= 0.3 is 0 Å². The average Bonchev–Trinajstić information content (AvgIpc) is 3.52. The van der Waals surface area contributed by atoms with Gasteiger partial charge in [0.1, 0.15) is 17.3 Å². The third-order valence-corrected chi connectivity index (χ3v) is 5.40. The van der Waals surface area contributed by atoms with Crippen molar-refractivity contribution in [3.8, 4) is 0 Å². The summed E-state index contributed by atoms with van der Waals surface area (Å²) in [6.45, 7) is 0.896. The zero-order valence-electron chi connectivity index (χ0n) is 13.7. The Labute approximate surface area is 140 Å². The minimum absolute atomic E-state index is 0.0665. The van der Waals surface area contributed by atoms with Crippen molar-refractivity contribution in [2.75, 3.05) is 0 Å². The summed E-state index contributed by atoms with van der Waals surface area (Å²) in [6, 6.07) is 2.08. The van der Waals surface area contributed by atoms with Crippen molar-refractivity contribution in [1.29, 1.82) is 0 Å². The van der Waals surface area contributed by atoms with E-state index >= 15 is 0 Å². The van der Waals surface area contributed by atoms with Gasteiger partial charge in [-0.1, -0.05) is 0 Å². The number of aryl methyl sites for hydroxylation is 1. The minimum atomic E-state index is -0.0665. The smallest absolute Gasteiger partial charge is 0.271 e. The van der Waals surface area contributed by atoms with Crippen molar-refractivity contribution in [3.63, 3.8) is 0 Å². The van der Waals surface area contributed by atoms with E-state index < -0.39 is 0 Å². The summed E-state index contributed by atoms with van der Waals surface area (Å²) in [7, 11) is 0. The van der Waals surface area contributed by atoms with Crippen LogP contribution in [0, 0.1) is 0 Å². The molecule has 126 valence electrons. The maximum atomic E-state index is 12.4. The molecule has 1 amide bonds. The minimum Gasteiger partial charge on any atom is -0.348 e. The number of H-pyrrole nitrogens is 1. The lowest BCUT2D eigenvalue weighted by Gasteiger charge is -2.15. The van der Waals surface area contributed by atoms with E-state index in [1.54, 1.807) is 0 Å². The van der Waals surface area contributed by atoms with E-state index in [4.69, 9.17) is 0 Å². The molecule has 1 atom stereocenters. The Bertz CT molecular complexity index is 770. The largest absolute Gasteiger partial charge is 0.348 e. The molecule has 0 saturated heterocycles. The van der Waals surface area contributed by atoms with Gasteiger partial charge < -0.3 is 9.88 Å². The van der Waals surface area contributed by atoms with Crippen molar-refractivity contribution >= 4 is 5.91 Å². The molecule has 3 aliphatic rings. The third kappa shape index (κ3) is 2.61. The van der Waals surface area contributed by atoms with Gasteiger partial charge in [0, 0.05) is 36.5 Å². The van der Waals surface area contributed by atoms with Gasteiger partial charge in [0.15, 0.2) is 0 Å². The molecule has 2 fully saturated rings. The number of carbonyl (C=O) groups excluding carboxylic acids is 1. The van der Waals surface area contributed by atoms with E-state index in [9.17, 15) is 4.79 Å². The number of hydrogen-bond donors (Lipinski definition) is 2. The normalized spacial score (nSPS) is 23.6. The summed E-state index contributed by atoms with van der Waals surface area (Å²) in [5.41, 5.74) is 1.61. The van der Waals surface area contributed by atoms with Crippen LogP contribution in [0.3, 0.4) is 0 Å². The molecular formula is C17H22N6O. The first-order valence-electron chi connectivity index (χ1n) is 9.06. The molecule has 1 unspecified atom stereocenters. The van der Waals surface area contributed by atoms with Crippen molar-refractivity contribution in [2.24, 2.45) is 0 Å². The van der Waals surface area contributed by atoms with Gasteiger partial charge in [-0.05, 0) is 44.6 Å². The van der Waals surface area contributed by atoms with E-state index in [2.05, 4.69) is 30.3 Å². The molecule has 2 aromatic rings. The molecule has 2 N–H and O–H groups in total. The number of rotatable bonds is 4. The van der Waals surface area contributed by atoms with Crippen LogP contribution in [0.15, 0.2) is 6.07 Å². The standard InChI is InChI=1S/C17H22N6O/c24-17(14-9-13(19-20-14)10-1-2-10)18-12-5-6-15-21-22-16(11-3-4-11)23(15)8-7-12/h9-12H,1-8H2,(H,18,24)(H,19,20). The molecule has 0 bridgehead atoms. The van der Waals surface area contributed by atoms with Crippen LogP contribution < -0.4 is 5.32 Å². The number of aromatic nitrogens is 5. The monoisotopic (exact) mass is 326 g/mol. The fraction of sp³-hybridized carbons (Fsp3) is 0.647. The van der Waals surface area contributed by atoms with Gasteiger partial charge in [0.2, 0.25) is 0 Å². The molecular weight excluding hydrogens is 304 g/mol. The number of hydrogen-bond acceptors (Lipinski definition) is 4. The highest BCUT2D eigenvalue weighted by molar-refractivity contribution is 5.92. The summed E-state index contributed by atoms with van der Waals surface area (Å²) in [4.78, 5) is 12.4. The Hall–Kier alpha value is -2.18. The van der Waals surface area contributed by atoms with Gasteiger partial charge in [-0.3, -0.25) is 9.89 Å². The van der Waals surface area contributed by atoms with E-state index in [1.807, 2.05) is 6.07 Å². The van der Waals surface area contributed by atoms with Crippen molar-refractivity contribution in [2.45, 2.75) is 69.4 Å². The fourth-order valence-electron chi connectivity index (χ4n) is 3.61. The molecule has 0 radical (unpaired) electrons. The first-order chi connectivity index (χ1) is 11.8. The van der Waals surface area contributed by atoms with Crippen LogP contribution in [-0.2, 0) is 13.0 Å². The molecule has 2 aromatic heterocycles. The summed E-state index contributed by atoms with van der Waals surface area (Å²) in [5, 5.41) is 19.1. The second-order valence-corrected chi connectivity index (χ2v) is 7.38. The predicted molar refractivity (Wildman–Crippen MR) is 86.8 cm³/mol. The van der Waals surface area contributed by atoms with Crippen molar-refractivity contribution in [1.82, 2.24) is 30.3 Å². The summed E-state index contributed by atoms with van der Waals surface area (Å²) < 4.78 is 2.28. The SMILES string of the molecule is O=C(NC1CCc2nnc(C3CC3)n2CC1)c1cc(C2CC2)[nH]n1. The maximum absolute atomic E-state index is 12.4. The van der Waals surface area contributed by atoms with Crippen LogP contribution in [0.1, 0.15) is 78.2 Å². The van der Waals surface area contributed by atoms with E-state index in [0.29, 0.717) is 17.5 Å². The number of aromatic amines is 1. The third-order valence-electron chi connectivity index (χ3n) is 5.40. The first-order valence-corrected chi connectivity index (χ1v) is 9.06. The molecule has 5 rings (SSSR count). The van der Waals surface area contributed by atoms with E-state index in [-0.39, 0.29) is 11.9 Å². The highest BCUT2D eigenvalue weighted by Gasteiger charge is 2.32. The lowest BCUT2D eigenvalue weighted by molar-refractivity contribution is 0.0928. The number of fused-ring (bicyclic) bond motifs is 1. The lowest BCUT2D eigenvalue weighted by atomic mass is 10.1. The highest BCUT2D eigenvalue weighted by atomic mass is 16.2. The molecule has 24 heavy (non-hydrogen) atoms. The number of amides is 1. The molecule has 0 spiro atoms. The van der Waals surface area contributed by atoms with Crippen molar-refractivity contribution < 1.29 is 4.79 Å². The van der Waals surface area contributed by atoms with Gasteiger partial charge in [-0.2, -0.15) is 5.10 Å². The topological polar surface area (TPSA) is 88.5 Å². The molecule has 7 nitrogen and oxygen atoms in total. The zero-order valence-corrected chi connectivity index (χ0v) is 13.7. The van der Waals surface area contributed by atoms with Gasteiger partial charge in [0.05, 0.1) is 0 Å². The molecule has 0 aromatic carbocycles. The van der Waals surface area contributed by atoms with Crippen LogP contribution in [0.4, 0.5) is 0 Å². The first kappa shape index (κ1) is 14.2. The Morgan fingerprint density at radius 3 is 2.75 bits per heavy atom. The molecule has 7 heteroatoms. The average molecular weight is 326 g/mol. The molecule has 3 heterocycles. The Morgan fingerprint density at radius 1 is 1.12 bits per heavy atom. The summed E-state index contributed by atoms with van der Waals surface area (Å²) in [6.07, 6.45) is 7.59. The second-order valence-electron chi connectivity index (χ2n) is 7.38. The zero-order chi connectivity index (χ0) is 16.1. The molecule has 1 aliphatic heterocycles. The van der Waals surface area contributed by atoms with Gasteiger partial charge in [-0.25, -0.2) is 0 Å². The Kier molecular flexibility index (Phi) is 3.21. The van der Waals surface area contributed by atoms with Gasteiger partial charge in [-0.15, -0.1) is 10.2 Å². The number of carbonyl (C=O) groups is 1. The van der Waals surface area contributed by atoms with Crippen LogP contribution in [0.5, 0.6) is 0 Å². The van der Waals surface area contributed by atoms with Gasteiger partial charge in [0.25, 0.3) is 5.91 Å². The van der Waals surface area contributed by atoms with E-state index in [0.717, 1.165) is 43.1 Å². The number of nitrogens with zero attached hydrogens (tertiary/aromatic N) is 4. The van der Waals surface area contributed by atoms with Crippen LogP contribution in [-0.4, -0.2) is 36.9 Å². The summed E-state index contributed by atoms with van der Waals surface area (Å²) >= 11 is 0. The number of nitrogens with one attached hydrogen (secondary N) is 2. The summed E-state index contributed by atoms with van der Waals surface area (Å²) in [5.74, 6) is 3.36.